The number of hydrogen-bond donors (Lipinski definition) is 4. The molecule has 2 aromatic carbocycles. The third-order valence-corrected chi connectivity index (χ3v) is 7.00. The van der Waals surface area contributed by atoms with E-state index in [1.807, 2.05) is 6.92 Å². The molecular weight excluding hydrogens is 566 g/mol. The maximum Gasteiger partial charge on any atom is 0.269 e. The Balaban J connectivity index is 1.74. The number of nitro groups is 2. The highest BCUT2D eigenvalue weighted by Gasteiger charge is 2.39. The molecule has 0 saturated heterocycles. The van der Waals surface area contributed by atoms with Crippen LogP contribution in [0.25, 0.3) is 0 Å². The Hall–Kier alpha value is -5.04. The number of benzene rings is 2. The number of unbranched alkanes of at least 4 members (excludes halogenated alkanes) is 1. The van der Waals surface area contributed by atoms with E-state index in [-0.39, 0.29) is 27.7 Å². The Morgan fingerprint density at radius 3 is 1.74 bits per heavy atom. The number of aromatic amines is 1. The molecule has 218 valence electrons. The molecule has 1 aliphatic heterocycles. The Morgan fingerprint density at radius 2 is 1.33 bits per heavy atom. The fourth-order valence-electron chi connectivity index (χ4n) is 4.68. The lowest BCUT2D eigenvalue weighted by Gasteiger charge is -2.30. The zero-order chi connectivity index (χ0) is 30.6. The predicted molar refractivity (Wildman–Crippen MR) is 157 cm³/mol. The van der Waals surface area contributed by atoms with E-state index in [4.69, 9.17) is 11.6 Å². The van der Waals surface area contributed by atoms with Gasteiger partial charge in [-0.3, -0.25) is 29.8 Å². The number of aryl methyl sites for hydroxylation is 1. The summed E-state index contributed by atoms with van der Waals surface area (Å²) in [6.45, 7) is 5.42. The van der Waals surface area contributed by atoms with Gasteiger partial charge in [-0.1, -0.05) is 24.9 Å². The van der Waals surface area contributed by atoms with Gasteiger partial charge < -0.3 is 20.9 Å². The number of halogens is 1. The van der Waals surface area contributed by atoms with Crippen molar-refractivity contribution < 1.29 is 19.4 Å². The summed E-state index contributed by atoms with van der Waals surface area (Å²) in [5.41, 5.74) is 2.00. The maximum absolute atomic E-state index is 13.8. The summed E-state index contributed by atoms with van der Waals surface area (Å²) in [5.74, 6) is -1.49. The molecule has 4 N–H and O–H groups in total. The first-order chi connectivity index (χ1) is 20.0. The van der Waals surface area contributed by atoms with E-state index in [1.54, 1.807) is 13.8 Å². The van der Waals surface area contributed by atoms with Gasteiger partial charge in [-0.05, 0) is 44.5 Å². The van der Waals surface area contributed by atoms with Crippen LogP contribution in [0.5, 0.6) is 0 Å². The highest BCUT2D eigenvalue weighted by atomic mass is 35.5. The molecule has 0 aliphatic carbocycles. The minimum atomic E-state index is -0.974. The number of allylic oxidation sites excluding steroid dienone is 2. The van der Waals surface area contributed by atoms with Crippen molar-refractivity contribution in [2.24, 2.45) is 0 Å². The largest absolute Gasteiger partial charge is 0.362 e. The fourth-order valence-corrected chi connectivity index (χ4v) is 4.94. The number of aromatic nitrogens is 2. The number of carbonyl (C=O) groups is 2. The molecule has 0 unspecified atom stereocenters. The molecule has 0 fully saturated rings. The molecule has 14 heteroatoms. The van der Waals surface area contributed by atoms with Crippen molar-refractivity contribution in [3.63, 3.8) is 0 Å². The van der Waals surface area contributed by atoms with Gasteiger partial charge in [0.25, 0.3) is 23.2 Å². The van der Waals surface area contributed by atoms with Crippen molar-refractivity contribution in [1.29, 1.82) is 0 Å². The fraction of sp³-hybridized carbons (Fsp3) is 0.250. The van der Waals surface area contributed by atoms with Crippen LogP contribution in [0.4, 0.5) is 22.7 Å². The highest BCUT2D eigenvalue weighted by molar-refractivity contribution is 6.30. The molecule has 0 spiro atoms. The summed E-state index contributed by atoms with van der Waals surface area (Å²) in [4.78, 5) is 56.2. The van der Waals surface area contributed by atoms with Crippen LogP contribution in [-0.4, -0.2) is 31.6 Å². The zero-order valence-corrected chi connectivity index (χ0v) is 23.7. The van der Waals surface area contributed by atoms with E-state index in [1.165, 1.54) is 48.5 Å². The minimum Gasteiger partial charge on any atom is -0.362 e. The SMILES string of the molecule is CCCCc1nc(Cl)c(C2C(C(=O)Nc3ccc([N+](=O)[O-])cc3)=C(C)NC(C)=C2C(=O)Nc2ccc([N+](=O)[O-])cc2)[nH]1. The third kappa shape index (κ3) is 6.47. The van der Waals surface area contributed by atoms with Crippen LogP contribution in [0.1, 0.15) is 51.0 Å². The second kappa shape index (κ2) is 12.6. The average Bonchev–Trinajstić information content (AvgIpc) is 3.31. The molecule has 0 atom stereocenters. The lowest BCUT2D eigenvalue weighted by Crippen LogP contribution is -2.35. The van der Waals surface area contributed by atoms with Crippen LogP contribution >= 0.6 is 11.6 Å². The summed E-state index contributed by atoms with van der Waals surface area (Å²) in [6.07, 6.45) is 2.38. The maximum atomic E-state index is 13.8. The van der Waals surface area contributed by atoms with E-state index in [0.29, 0.717) is 40.7 Å². The van der Waals surface area contributed by atoms with E-state index < -0.39 is 27.6 Å². The molecule has 1 aliphatic rings. The van der Waals surface area contributed by atoms with Crippen molar-refractivity contribution in [3.05, 3.63) is 108 Å². The van der Waals surface area contributed by atoms with Gasteiger partial charge >= 0.3 is 0 Å². The zero-order valence-electron chi connectivity index (χ0n) is 23.0. The Morgan fingerprint density at radius 1 is 0.881 bits per heavy atom. The normalized spacial score (nSPS) is 13.5. The molecule has 2 amide bonds. The van der Waals surface area contributed by atoms with Crippen LogP contribution in [0.15, 0.2) is 71.1 Å². The smallest absolute Gasteiger partial charge is 0.269 e. The molecule has 0 saturated carbocycles. The summed E-state index contributed by atoms with van der Waals surface area (Å²) >= 11 is 6.61. The average molecular weight is 594 g/mol. The van der Waals surface area contributed by atoms with E-state index in [9.17, 15) is 29.8 Å². The van der Waals surface area contributed by atoms with Gasteiger partial charge in [-0.15, -0.1) is 0 Å². The van der Waals surface area contributed by atoms with Crippen LogP contribution in [0, 0.1) is 20.2 Å². The number of H-pyrrole nitrogens is 1. The number of nitrogens with one attached hydrogen (secondary N) is 4. The molecule has 0 bridgehead atoms. The van der Waals surface area contributed by atoms with Gasteiger partial charge in [0.05, 0.1) is 21.5 Å². The summed E-state index contributed by atoms with van der Waals surface area (Å²) in [6, 6.07) is 10.7. The number of nitrogens with zero attached hydrogens (tertiary/aromatic N) is 3. The highest BCUT2D eigenvalue weighted by Crippen LogP contribution is 2.41. The Labute approximate surface area is 245 Å². The van der Waals surface area contributed by atoms with Crippen LogP contribution < -0.4 is 16.0 Å². The van der Waals surface area contributed by atoms with Crippen molar-refractivity contribution in [3.8, 4) is 0 Å². The molecule has 4 rings (SSSR count). The molecule has 13 nitrogen and oxygen atoms in total. The topological polar surface area (TPSA) is 185 Å². The number of dihydropyridines is 1. The van der Waals surface area contributed by atoms with Gasteiger partial charge in [0.2, 0.25) is 0 Å². The first kappa shape index (κ1) is 29.9. The minimum absolute atomic E-state index is 0.106. The van der Waals surface area contributed by atoms with Gasteiger partial charge in [-0.25, -0.2) is 4.98 Å². The molecule has 2 heterocycles. The molecular formula is C28H28ClN7O6. The third-order valence-electron chi connectivity index (χ3n) is 6.71. The number of imidazole rings is 1. The standard InChI is InChI=1S/C28H28ClN7O6/c1-4-5-6-21-33-25(26(29)34-21)24-22(27(37)31-17-7-11-19(12-8-17)35(39)40)15(2)30-16(3)23(24)28(38)32-18-9-13-20(14-10-18)36(41)42/h7-14,24,30H,4-6H2,1-3H3,(H,31,37)(H,32,38)(H,33,34). The lowest BCUT2D eigenvalue weighted by molar-refractivity contribution is -0.385. The quantitative estimate of drug-likeness (QED) is 0.169. The summed E-state index contributed by atoms with van der Waals surface area (Å²) in [7, 11) is 0. The number of nitro benzene ring substituents is 2. The molecule has 1 aromatic heterocycles. The van der Waals surface area contributed by atoms with E-state index in [2.05, 4.69) is 25.9 Å². The van der Waals surface area contributed by atoms with Crippen molar-refractivity contribution in [2.75, 3.05) is 10.6 Å². The van der Waals surface area contributed by atoms with Gasteiger partial charge in [0.15, 0.2) is 5.15 Å². The number of anilines is 2. The van der Waals surface area contributed by atoms with Crippen LogP contribution in [-0.2, 0) is 16.0 Å². The van der Waals surface area contributed by atoms with Gasteiger partial charge in [-0.2, -0.15) is 0 Å². The van der Waals surface area contributed by atoms with Gasteiger partial charge in [0.1, 0.15) is 5.82 Å². The van der Waals surface area contributed by atoms with Crippen molar-refractivity contribution in [1.82, 2.24) is 15.3 Å². The lowest BCUT2D eigenvalue weighted by atomic mass is 9.82. The second-order valence-electron chi connectivity index (χ2n) is 9.64. The van der Waals surface area contributed by atoms with E-state index >= 15 is 0 Å². The Kier molecular flexibility index (Phi) is 9.01. The monoisotopic (exact) mass is 593 g/mol. The first-order valence-electron chi connectivity index (χ1n) is 13.0. The summed E-state index contributed by atoms with van der Waals surface area (Å²) < 4.78 is 0. The van der Waals surface area contributed by atoms with E-state index in [0.717, 1.165) is 12.8 Å². The Bertz CT molecular complexity index is 1520. The number of amides is 2. The van der Waals surface area contributed by atoms with Crippen LogP contribution in [0.3, 0.4) is 0 Å². The molecule has 42 heavy (non-hydrogen) atoms. The molecule has 0 radical (unpaired) electrons. The number of carbonyl (C=O) groups excluding carboxylic acids is 2. The predicted octanol–water partition coefficient (Wildman–Crippen LogP) is 5.73. The second-order valence-corrected chi connectivity index (χ2v) is 10.0. The van der Waals surface area contributed by atoms with Crippen molar-refractivity contribution in [2.45, 2.75) is 46.0 Å². The van der Waals surface area contributed by atoms with Crippen LogP contribution in [0.2, 0.25) is 5.15 Å². The number of non-ortho nitro benzene ring substituents is 2. The number of rotatable bonds is 10. The van der Waals surface area contributed by atoms with Gasteiger partial charge in [0, 0.05) is 64.6 Å². The molecule has 3 aromatic rings. The number of hydrogen-bond acceptors (Lipinski definition) is 8. The first-order valence-corrected chi connectivity index (χ1v) is 13.4. The summed E-state index contributed by atoms with van der Waals surface area (Å²) in [5, 5.41) is 30.8. The van der Waals surface area contributed by atoms with Crippen molar-refractivity contribution >= 4 is 46.2 Å².